The second-order valence-electron chi connectivity index (χ2n) is 5.67. The molecule has 0 bridgehead atoms. The van der Waals surface area contributed by atoms with E-state index in [4.69, 9.17) is 10.7 Å². The molecule has 2 N–H and O–H groups in total. The van der Waals surface area contributed by atoms with Gasteiger partial charge in [0.2, 0.25) is 0 Å². The molecule has 96 valence electrons. The summed E-state index contributed by atoms with van der Waals surface area (Å²) in [7, 11) is 0. The van der Waals surface area contributed by atoms with E-state index in [1.807, 2.05) is 0 Å². The summed E-state index contributed by atoms with van der Waals surface area (Å²) in [6.07, 6.45) is 3.87. The van der Waals surface area contributed by atoms with Gasteiger partial charge in [-0.05, 0) is 50.3 Å². The molecule has 1 aliphatic carbocycles. The maximum absolute atomic E-state index is 5.70. The second kappa shape index (κ2) is 4.39. The molecule has 0 radical (unpaired) electrons. The monoisotopic (exact) mass is 243 g/mol. The van der Waals surface area contributed by atoms with Crippen LogP contribution in [0.3, 0.4) is 0 Å². The molecule has 18 heavy (non-hydrogen) atoms. The number of nitrogens with two attached hydrogens (primary N) is 1. The van der Waals surface area contributed by atoms with Crippen LogP contribution in [-0.4, -0.2) is 9.55 Å². The van der Waals surface area contributed by atoms with E-state index < -0.39 is 0 Å². The van der Waals surface area contributed by atoms with E-state index in [0.29, 0.717) is 12.6 Å². The Hall–Kier alpha value is -1.35. The molecule has 0 aliphatic heterocycles. The lowest BCUT2D eigenvalue weighted by Crippen LogP contribution is -2.07. The lowest BCUT2D eigenvalue weighted by atomic mass is 10.2. The van der Waals surface area contributed by atoms with Crippen molar-refractivity contribution in [1.29, 1.82) is 0 Å². The molecule has 1 aliphatic rings. The number of rotatable bonds is 4. The predicted octanol–water partition coefficient (Wildman–Crippen LogP) is 3.03. The molecule has 0 amide bonds. The highest BCUT2D eigenvalue weighted by atomic mass is 15.1. The van der Waals surface area contributed by atoms with Gasteiger partial charge >= 0.3 is 0 Å². The lowest BCUT2D eigenvalue weighted by molar-refractivity contribution is 0.572. The Labute approximate surface area is 108 Å². The van der Waals surface area contributed by atoms with Gasteiger partial charge in [0.25, 0.3) is 0 Å². The first-order valence-electron chi connectivity index (χ1n) is 6.89. The third kappa shape index (κ3) is 2.03. The summed E-state index contributed by atoms with van der Waals surface area (Å²) in [6, 6.07) is 6.88. The number of aromatic nitrogens is 2. The Bertz CT molecular complexity index is 564. The summed E-state index contributed by atoms with van der Waals surface area (Å²) in [5.74, 6) is 2.12. The van der Waals surface area contributed by atoms with Crippen LogP contribution in [-0.2, 0) is 13.0 Å². The molecule has 3 nitrogen and oxygen atoms in total. The minimum atomic E-state index is 0.465. The van der Waals surface area contributed by atoms with Gasteiger partial charge in [-0.25, -0.2) is 4.98 Å². The number of imidazole rings is 1. The topological polar surface area (TPSA) is 43.8 Å². The third-order valence-electron chi connectivity index (χ3n) is 3.75. The molecule has 3 heteroatoms. The highest BCUT2D eigenvalue weighted by molar-refractivity contribution is 5.77. The quantitative estimate of drug-likeness (QED) is 0.897. The van der Waals surface area contributed by atoms with Crippen LogP contribution in [0.25, 0.3) is 11.0 Å². The Kier molecular flexibility index (Phi) is 2.86. The van der Waals surface area contributed by atoms with Crippen LogP contribution in [0.15, 0.2) is 18.2 Å². The zero-order valence-corrected chi connectivity index (χ0v) is 11.2. The van der Waals surface area contributed by atoms with Gasteiger partial charge in [0.1, 0.15) is 5.82 Å². The summed E-state index contributed by atoms with van der Waals surface area (Å²) >= 11 is 0. The first-order chi connectivity index (χ1) is 8.69. The van der Waals surface area contributed by atoms with Crippen molar-refractivity contribution in [2.75, 3.05) is 0 Å². The van der Waals surface area contributed by atoms with Gasteiger partial charge in [-0.1, -0.05) is 6.07 Å². The van der Waals surface area contributed by atoms with Crippen molar-refractivity contribution in [3.05, 3.63) is 29.6 Å². The van der Waals surface area contributed by atoms with E-state index >= 15 is 0 Å². The van der Waals surface area contributed by atoms with Crippen molar-refractivity contribution < 1.29 is 0 Å². The van der Waals surface area contributed by atoms with Gasteiger partial charge in [-0.3, -0.25) is 0 Å². The Morgan fingerprint density at radius 1 is 1.39 bits per heavy atom. The number of hydrogen-bond donors (Lipinski definition) is 1. The fourth-order valence-corrected chi connectivity index (χ4v) is 2.62. The average molecular weight is 243 g/mol. The predicted molar refractivity (Wildman–Crippen MR) is 74.4 cm³/mol. The van der Waals surface area contributed by atoms with Crippen LogP contribution in [0.2, 0.25) is 0 Å². The molecule has 1 fully saturated rings. The zero-order valence-electron chi connectivity index (χ0n) is 11.2. The number of nitrogens with zero attached hydrogens (tertiary/aromatic N) is 2. The smallest absolute Gasteiger partial charge is 0.110 e. The first kappa shape index (κ1) is 11.7. The van der Waals surface area contributed by atoms with Crippen LogP contribution >= 0.6 is 0 Å². The average Bonchev–Trinajstić information content (AvgIpc) is 3.07. The SMILES string of the molecule is CC(C)n1c(CC2CC2)nc2cc(CN)ccc21. The molecule has 0 unspecified atom stereocenters. The fourth-order valence-electron chi connectivity index (χ4n) is 2.62. The number of hydrogen-bond acceptors (Lipinski definition) is 2. The molecule has 3 rings (SSSR count). The largest absolute Gasteiger partial charge is 0.326 e. The van der Waals surface area contributed by atoms with Crippen molar-refractivity contribution >= 4 is 11.0 Å². The summed E-state index contributed by atoms with van der Waals surface area (Å²) in [5.41, 5.74) is 9.21. The summed E-state index contributed by atoms with van der Waals surface area (Å²) < 4.78 is 2.38. The van der Waals surface area contributed by atoms with E-state index in [9.17, 15) is 0 Å². The van der Waals surface area contributed by atoms with E-state index in [0.717, 1.165) is 23.4 Å². The van der Waals surface area contributed by atoms with Gasteiger partial charge in [-0.2, -0.15) is 0 Å². The van der Waals surface area contributed by atoms with E-state index in [1.165, 1.54) is 24.2 Å². The van der Waals surface area contributed by atoms with Gasteiger partial charge in [0.15, 0.2) is 0 Å². The van der Waals surface area contributed by atoms with Crippen molar-refractivity contribution in [3.63, 3.8) is 0 Å². The minimum absolute atomic E-state index is 0.465. The molecule has 1 aromatic heterocycles. The molecule has 1 heterocycles. The maximum atomic E-state index is 5.70. The summed E-state index contributed by atoms with van der Waals surface area (Å²) in [4.78, 5) is 4.83. The number of benzene rings is 1. The van der Waals surface area contributed by atoms with Gasteiger partial charge in [0, 0.05) is 19.0 Å². The molecule has 1 saturated carbocycles. The normalized spacial score (nSPS) is 15.8. The third-order valence-corrected chi connectivity index (χ3v) is 3.75. The van der Waals surface area contributed by atoms with Crippen molar-refractivity contribution in [2.45, 2.75) is 45.7 Å². The standard InChI is InChI=1S/C15H21N3/c1-10(2)18-14-6-5-12(9-16)7-13(14)17-15(18)8-11-3-4-11/h5-7,10-11H,3-4,8-9,16H2,1-2H3. The highest BCUT2D eigenvalue weighted by Gasteiger charge is 2.25. The van der Waals surface area contributed by atoms with E-state index in [-0.39, 0.29) is 0 Å². The van der Waals surface area contributed by atoms with E-state index in [2.05, 4.69) is 36.6 Å². The van der Waals surface area contributed by atoms with E-state index in [1.54, 1.807) is 0 Å². The lowest BCUT2D eigenvalue weighted by Gasteiger charge is -2.12. The van der Waals surface area contributed by atoms with Crippen LogP contribution in [0.5, 0.6) is 0 Å². The minimum Gasteiger partial charge on any atom is -0.326 e. The van der Waals surface area contributed by atoms with Crippen molar-refractivity contribution in [3.8, 4) is 0 Å². The van der Waals surface area contributed by atoms with Crippen LogP contribution in [0, 0.1) is 5.92 Å². The zero-order chi connectivity index (χ0) is 12.7. The highest BCUT2D eigenvalue weighted by Crippen LogP contribution is 2.34. The summed E-state index contributed by atoms with van der Waals surface area (Å²) in [5, 5.41) is 0. The maximum Gasteiger partial charge on any atom is 0.110 e. The van der Waals surface area contributed by atoms with Crippen molar-refractivity contribution in [2.24, 2.45) is 11.7 Å². The Morgan fingerprint density at radius 2 is 2.17 bits per heavy atom. The number of fused-ring (bicyclic) bond motifs is 1. The van der Waals surface area contributed by atoms with Crippen LogP contribution in [0.4, 0.5) is 0 Å². The van der Waals surface area contributed by atoms with Crippen LogP contribution < -0.4 is 5.73 Å². The molecule has 0 saturated heterocycles. The second-order valence-corrected chi connectivity index (χ2v) is 5.67. The van der Waals surface area contributed by atoms with Crippen LogP contribution in [0.1, 0.15) is 44.1 Å². The fraction of sp³-hybridized carbons (Fsp3) is 0.533. The van der Waals surface area contributed by atoms with Gasteiger partial charge < -0.3 is 10.3 Å². The van der Waals surface area contributed by atoms with Crippen molar-refractivity contribution in [1.82, 2.24) is 9.55 Å². The Balaban J connectivity index is 2.11. The first-order valence-corrected chi connectivity index (χ1v) is 6.89. The molecule has 2 aromatic rings. The summed E-state index contributed by atoms with van der Waals surface area (Å²) in [6.45, 7) is 5.05. The molecular formula is C15H21N3. The van der Waals surface area contributed by atoms with Gasteiger partial charge in [0.05, 0.1) is 11.0 Å². The van der Waals surface area contributed by atoms with Gasteiger partial charge in [-0.15, -0.1) is 0 Å². The molecule has 0 spiro atoms. The molecule has 0 atom stereocenters. The molecular weight excluding hydrogens is 222 g/mol. The molecule has 1 aromatic carbocycles. The Morgan fingerprint density at radius 3 is 2.78 bits per heavy atom.